The van der Waals surface area contributed by atoms with Crippen molar-refractivity contribution in [1.82, 2.24) is 5.43 Å². The minimum atomic E-state index is -0.418. The van der Waals surface area contributed by atoms with Crippen LogP contribution in [-0.2, 0) is 9.59 Å². The van der Waals surface area contributed by atoms with E-state index in [1.165, 1.54) is 6.21 Å². The zero-order valence-corrected chi connectivity index (χ0v) is 14.8. The van der Waals surface area contributed by atoms with E-state index in [1.54, 1.807) is 12.0 Å². The zero-order valence-electron chi connectivity index (χ0n) is 14.8. The third kappa shape index (κ3) is 3.91. The van der Waals surface area contributed by atoms with E-state index in [-0.39, 0.29) is 18.2 Å². The SMILES string of the molecule is COc1ccccc1/C=N\NC(=O)[C@H]1CC(=O)N(c2ccc(C)cc2)C1. The maximum atomic E-state index is 12.3. The number of carbonyl (C=O) groups excluding carboxylic acids is 2. The molecule has 1 saturated heterocycles. The van der Waals surface area contributed by atoms with Crippen LogP contribution in [0.2, 0.25) is 0 Å². The predicted molar refractivity (Wildman–Crippen MR) is 100 cm³/mol. The quantitative estimate of drug-likeness (QED) is 0.665. The summed E-state index contributed by atoms with van der Waals surface area (Å²) in [4.78, 5) is 26.2. The van der Waals surface area contributed by atoms with Gasteiger partial charge in [-0.05, 0) is 31.2 Å². The summed E-state index contributed by atoms with van der Waals surface area (Å²) >= 11 is 0. The maximum absolute atomic E-state index is 12.3. The van der Waals surface area contributed by atoms with Crippen LogP contribution in [0.5, 0.6) is 5.75 Å². The number of carbonyl (C=O) groups is 2. The molecule has 1 fully saturated rings. The summed E-state index contributed by atoms with van der Waals surface area (Å²) in [6.07, 6.45) is 1.72. The van der Waals surface area contributed by atoms with E-state index in [0.29, 0.717) is 12.3 Å². The summed E-state index contributed by atoms with van der Waals surface area (Å²) in [5.41, 5.74) is 5.22. The second-order valence-corrected chi connectivity index (χ2v) is 6.22. The molecule has 1 heterocycles. The number of aryl methyl sites for hydroxylation is 1. The van der Waals surface area contributed by atoms with E-state index in [2.05, 4.69) is 10.5 Å². The molecular formula is C20H21N3O3. The molecule has 0 unspecified atom stereocenters. The number of nitrogens with one attached hydrogen (secondary N) is 1. The maximum Gasteiger partial charge on any atom is 0.245 e. The summed E-state index contributed by atoms with van der Waals surface area (Å²) in [7, 11) is 1.58. The van der Waals surface area contributed by atoms with Gasteiger partial charge in [-0.2, -0.15) is 5.10 Å². The third-order valence-electron chi connectivity index (χ3n) is 4.36. The van der Waals surface area contributed by atoms with Gasteiger partial charge in [0.2, 0.25) is 11.8 Å². The number of para-hydroxylation sites is 1. The third-order valence-corrected chi connectivity index (χ3v) is 4.36. The lowest BCUT2D eigenvalue weighted by atomic mass is 10.1. The van der Waals surface area contributed by atoms with Gasteiger partial charge in [0.1, 0.15) is 5.75 Å². The first-order valence-electron chi connectivity index (χ1n) is 8.41. The molecule has 134 valence electrons. The van der Waals surface area contributed by atoms with Crippen molar-refractivity contribution in [2.75, 3.05) is 18.6 Å². The lowest BCUT2D eigenvalue weighted by molar-refractivity contribution is -0.126. The van der Waals surface area contributed by atoms with Gasteiger partial charge in [-0.15, -0.1) is 0 Å². The molecule has 26 heavy (non-hydrogen) atoms. The van der Waals surface area contributed by atoms with Gasteiger partial charge in [-0.3, -0.25) is 9.59 Å². The normalized spacial score (nSPS) is 16.9. The molecule has 0 bridgehead atoms. The number of rotatable bonds is 5. The van der Waals surface area contributed by atoms with Crippen LogP contribution in [0.15, 0.2) is 53.6 Å². The van der Waals surface area contributed by atoms with Crippen LogP contribution in [0, 0.1) is 12.8 Å². The van der Waals surface area contributed by atoms with Gasteiger partial charge < -0.3 is 9.64 Å². The highest BCUT2D eigenvalue weighted by Gasteiger charge is 2.35. The first-order chi connectivity index (χ1) is 12.6. The molecule has 0 saturated carbocycles. The number of benzene rings is 2. The van der Waals surface area contributed by atoms with Crippen molar-refractivity contribution in [2.24, 2.45) is 11.0 Å². The molecule has 2 amide bonds. The number of amides is 2. The standard InChI is InChI=1S/C20H21N3O3/c1-14-7-9-17(10-8-14)23-13-16(11-19(23)24)20(25)22-21-12-15-5-3-4-6-18(15)26-2/h3-10,12,16H,11,13H2,1-2H3,(H,22,25)/b21-12-/t16-/m0/s1. The van der Waals surface area contributed by atoms with E-state index >= 15 is 0 Å². The number of nitrogens with zero attached hydrogens (tertiary/aromatic N) is 2. The molecule has 0 radical (unpaired) electrons. The number of hydrogen-bond donors (Lipinski definition) is 1. The highest BCUT2D eigenvalue weighted by Crippen LogP contribution is 2.25. The summed E-state index contributed by atoms with van der Waals surface area (Å²) in [5.74, 6) is -0.0625. The van der Waals surface area contributed by atoms with Crippen molar-refractivity contribution in [1.29, 1.82) is 0 Å². The fourth-order valence-electron chi connectivity index (χ4n) is 2.89. The first-order valence-corrected chi connectivity index (χ1v) is 8.41. The number of methoxy groups -OCH3 is 1. The molecule has 2 aromatic carbocycles. The molecule has 0 aromatic heterocycles. The molecular weight excluding hydrogens is 330 g/mol. The van der Waals surface area contributed by atoms with Crippen LogP contribution >= 0.6 is 0 Å². The Bertz CT molecular complexity index is 830. The van der Waals surface area contributed by atoms with Crippen molar-refractivity contribution < 1.29 is 14.3 Å². The molecule has 1 atom stereocenters. The molecule has 0 spiro atoms. The lowest BCUT2D eigenvalue weighted by Crippen LogP contribution is -2.30. The van der Waals surface area contributed by atoms with Crippen molar-refractivity contribution in [2.45, 2.75) is 13.3 Å². The zero-order chi connectivity index (χ0) is 18.5. The minimum absolute atomic E-state index is 0.0530. The molecule has 2 aromatic rings. The van der Waals surface area contributed by atoms with Gasteiger partial charge in [0.15, 0.2) is 0 Å². The predicted octanol–water partition coefficient (Wildman–Crippen LogP) is 2.51. The van der Waals surface area contributed by atoms with E-state index in [9.17, 15) is 9.59 Å². The summed E-state index contributed by atoms with van der Waals surface area (Å²) in [6.45, 7) is 2.35. The molecule has 0 aliphatic carbocycles. The van der Waals surface area contributed by atoms with Gasteiger partial charge in [0.25, 0.3) is 0 Å². The lowest BCUT2D eigenvalue weighted by Gasteiger charge is -2.16. The number of ether oxygens (including phenoxy) is 1. The molecule has 3 rings (SSSR count). The Balaban J connectivity index is 1.61. The Morgan fingerprint density at radius 1 is 1.23 bits per heavy atom. The van der Waals surface area contributed by atoms with Gasteiger partial charge in [-0.1, -0.05) is 29.8 Å². The fourth-order valence-corrected chi connectivity index (χ4v) is 2.89. The Labute approximate surface area is 152 Å². The smallest absolute Gasteiger partial charge is 0.245 e. The Kier molecular flexibility index (Phi) is 5.31. The summed E-state index contributed by atoms with van der Waals surface area (Å²) in [6, 6.07) is 15.1. The van der Waals surface area contributed by atoms with Crippen LogP contribution in [-0.4, -0.2) is 31.7 Å². The van der Waals surface area contributed by atoms with Gasteiger partial charge in [0.05, 0.1) is 19.2 Å². The van der Waals surface area contributed by atoms with Crippen LogP contribution < -0.4 is 15.1 Å². The van der Waals surface area contributed by atoms with Crippen molar-refractivity contribution in [3.8, 4) is 5.75 Å². The molecule has 6 heteroatoms. The molecule has 1 aliphatic heterocycles. The Hall–Kier alpha value is -3.15. The monoisotopic (exact) mass is 351 g/mol. The van der Waals surface area contributed by atoms with Gasteiger partial charge in [-0.25, -0.2) is 5.43 Å². The molecule has 1 aliphatic rings. The fraction of sp³-hybridized carbons (Fsp3) is 0.250. The molecule has 1 N–H and O–H groups in total. The molecule has 6 nitrogen and oxygen atoms in total. The summed E-state index contributed by atoms with van der Waals surface area (Å²) < 4.78 is 5.23. The largest absolute Gasteiger partial charge is 0.496 e. The highest BCUT2D eigenvalue weighted by molar-refractivity contribution is 6.00. The minimum Gasteiger partial charge on any atom is -0.496 e. The highest BCUT2D eigenvalue weighted by atomic mass is 16.5. The summed E-state index contributed by atoms with van der Waals surface area (Å²) in [5, 5.41) is 3.99. The average molecular weight is 351 g/mol. The number of hydrogen-bond acceptors (Lipinski definition) is 4. The number of hydrazone groups is 1. The van der Waals surface area contributed by atoms with Crippen LogP contribution in [0.25, 0.3) is 0 Å². The van der Waals surface area contributed by atoms with E-state index in [1.807, 2.05) is 55.5 Å². The van der Waals surface area contributed by atoms with Crippen LogP contribution in [0.3, 0.4) is 0 Å². The topological polar surface area (TPSA) is 71.0 Å². The van der Waals surface area contributed by atoms with Gasteiger partial charge in [0, 0.05) is 24.2 Å². The van der Waals surface area contributed by atoms with Crippen LogP contribution in [0.4, 0.5) is 5.69 Å². The first kappa shape index (κ1) is 17.7. The second-order valence-electron chi connectivity index (χ2n) is 6.22. The van der Waals surface area contributed by atoms with Crippen molar-refractivity contribution in [3.05, 3.63) is 59.7 Å². The Morgan fingerprint density at radius 3 is 2.69 bits per heavy atom. The van der Waals surface area contributed by atoms with E-state index in [0.717, 1.165) is 16.8 Å². The Morgan fingerprint density at radius 2 is 1.96 bits per heavy atom. The average Bonchev–Trinajstić information content (AvgIpc) is 3.04. The van der Waals surface area contributed by atoms with Crippen molar-refractivity contribution >= 4 is 23.7 Å². The number of anilines is 1. The van der Waals surface area contributed by atoms with E-state index < -0.39 is 5.92 Å². The van der Waals surface area contributed by atoms with Gasteiger partial charge >= 0.3 is 0 Å². The van der Waals surface area contributed by atoms with Crippen LogP contribution in [0.1, 0.15) is 17.5 Å². The van der Waals surface area contributed by atoms with E-state index in [4.69, 9.17) is 4.74 Å². The second kappa shape index (κ2) is 7.82. The van der Waals surface area contributed by atoms with Crippen molar-refractivity contribution in [3.63, 3.8) is 0 Å².